The number of carbonyl (C=O) groups is 1. The number of aromatic nitrogens is 2. The lowest BCUT2D eigenvalue weighted by atomic mass is 10.6. The summed E-state index contributed by atoms with van der Waals surface area (Å²) in [6, 6.07) is 0. The monoisotopic (exact) mass is 248 g/mol. The first kappa shape index (κ1) is 12.9. The van der Waals surface area contributed by atoms with E-state index in [4.69, 9.17) is 14.2 Å². The van der Waals surface area contributed by atoms with Gasteiger partial charge in [0, 0.05) is 0 Å². The number of nitrogens with zero attached hydrogens (tertiary/aromatic N) is 1. The van der Waals surface area contributed by atoms with Crippen molar-refractivity contribution in [2.24, 2.45) is 0 Å². The van der Waals surface area contributed by atoms with E-state index in [2.05, 4.69) is 9.97 Å². The van der Waals surface area contributed by atoms with Crippen molar-refractivity contribution >= 4 is 19.0 Å². The Morgan fingerprint density at radius 1 is 1.50 bits per heavy atom. The molecule has 0 bridgehead atoms. The standard InChI is InChI=1S/C8H13N2O5P/c1-3-14-16(13,15-4-2)6-5-9-7(10-6)8(11)12/h5H,3-4H2,1-2H3,(H,9,10)(H,11,12). The van der Waals surface area contributed by atoms with E-state index in [1.54, 1.807) is 13.8 Å². The second kappa shape index (κ2) is 5.25. The maximum Gasteiger partial charge on any atom is 0.379 e. The molecule has 16 heavy (non-hydrogen) atoms. The number of carboxylic acid groups (broad SMARTS) is 1. The molecule has 0 radical (unpaired) electrons. The van der Waals surface area contributed by atoms with Crippen molar-refractivity contribution in [3.05, 3.63) is 12.0 Å². The van der Waals surface area contributed by atoms with Gasteiger partial charge < -0.3 is 19.1 Å². The van der Waals surface area contributed by atoms with Gasteiger partial charge in [0.15, 0.2) is 0 Å². The van der Waals surface area contributed by atoms with Crippen molar-refractivity contribution in [3.63, 3.8) is 0 Å². The zero-order valence-electron chi connectivity index (χ0n) is 8.97. The molecular weight excluding hydrogens is 235 g/mol. The summed E-state index contributed by atoms with van der Waals surface area (Å²) in [6.45, 7) is 3.72. The van der Waals surface area contributed by atoms with Crippen LogP contribution in [0.5, 0.6) is 0 Å². The van der Waals surface area contributed by atoms with Crippen molar-refractivity contribution in [3.8, 4) is 0 Å². The minimum absolute atomic E-state index is 0.0496. The van der Waals surface area contributed by atoms with Gasteiger partial charge in [-0.05, 0) is 13.8 Å². The third-order valence-electron chi connectivity index (χ3n) is 1.66. The maximum atomic E-state index is 12.1. The fourth-order valence-electron chi connectivity index (χ4n) is 1.08. The molecule has 0 spiro atoms. The number of rotatable bonds is 6. The fraction of sp³-hybridized carbons (Fsp3) is 0.500. The number of nitrogens with one attached hydrogen (secondary N) is 1. The van der Waals surface area contributed by atoms with Crippen LogP contribution >= 0.6 is 7.60 Å². The molecule has 0 saturated heterocycles. The smallest absolute Gasteiger partial charge is 0.379 e. The zero-order valence-corrected chi connectivity index (χ0v) is 9.86. The Bertz CT molecular complexity index is 406. The first-order valence-electron chi connectivity index (χ1n) is 4.71. The number of carboxylic acids is 1. The van der Waals surface area contributed by atoms with Crippen molar-refractivity contribution in [1.82, 2.24) is 9.97 Å². The van der Waals surface area contributed by atoms with Gasteiger partial charge in [0.1, 0.15) is 5.44 Å². The molecule has 0 saturated carbocycles. The number of aromatic amines is 1. The van der Waals surface area contributed by atoms with Crippen molar-refractivity contribution in [2.75, 3.05) is 13.2 Å². The van der Waals surface area contributed by atoms with Crippen LogP contribution in [-0.2, 0) is 13.6 Å². The average Bonchev–Trinajstić information content (AvgIpc) is 2.67. The highest BCUT2D eigenvalue weighted by molar-refractivity contribution is 7.61. The van der Waals surface area contributed by atoms with Crippen LogP contribution in [0.2, 0.25) is 0 Å². The summed E-state index contributed by atoms with van der Waals surface area (Å²) in [4.78, 5) is 16.5. The molecule has 0 aliphatic carbocycles. The molecule has 2 N–H and O–H groups in total. The highest BCUT2D eigenvalue weighted by Gasteiger charge is 2.29. The molecule has 0 aliphatic rings. The molecule has 0 fully saturated rings. The summed E-state index contributed by atoms with van der Waals surface area (Å²) in [6.07, 6.45) is 1.15. The summed E-state index contributed by atoms with van der Waals surface area (Å²) in [5, 5.41) is 8.66. The summed E-state index contributed by atoms with van der Waals surface area (Å²) < 4.78 is 22.2. The molecule has 1 heterocycles. The molecule has 0 unspecified atom stereocenters. The zero-order chi connectivity index (χ0) is 12.2. The molecule has 1 aromatic heterocycles. The van der Waals surface area contributed by atoms with E-state index in [-0.39, 0.29) is 24.5 Å². The summed E-state index contributed by atoms with van der Waals surface area (Å²) >= 11 is 0. The maximum absolute atomic E-state index is 12.1. The Morgan fingerprint density at radius 2 is 2.06 bits per heavy atom. The van der Waals surface area contributed by atoms with E-state index >= 15 is 0 Å². The van der Waals surface area contributed by atoms with Crippen molar-refractivity contribution in [1.29, 1.82) is 0 Å². The molecule has 1 aromatic rings. The van der Waals surface area contributed by atoms with E-state index in [1.807, 2.05) is 0 Å². The van der Waals surface area contributed by atoms with Crippen LogP contribution in [0.4, 0.5) is 0 Å². The van der Waals surface area contributed by atoms with Crippen LogP contribution < -0.4 is 5.44 Å². The molecule has 1 rings (SSSR count). The van der Waals surface area contributed by atoms with E-state index in [0.717, 1.165) is 6.20 Å². The quantitative estimate of drug-likeness (QED) is 0.728. The molecular formula is C8H13N2O5P. The summed E-state index contributed by atoms with van der Waals surface area (Å²) in [7, 11) is -3.47. The molecule has 0 aliphatic heterocycles. The fourth-order valence-corrected chi connectivity index (χ4v) is 2.55. The van der Waals surface area contributed by atoms with Crippen LogP contribution in [0.1, 0.15) is 24.5 Å². The molecule has 7 nitrogen and oxygen atoms in total. The van der Waals surface area contributed by atoms with Crippen LogP contribution in [0, 0.1) is 0 Å². The minimum atomic E-state index is -3.47. The van der Waals surface area contributed by atoms with E-state index in [9.17, 15) is 9.36 Å². The van der Waals surface area contributed by atoms with Gasteiger partial charge in [0.2, 0.25) is 5.82 Å². The molecule has 0 amide bonds. The Kier molecular flexibility index (Phi) is 4.23. The topological polar surface area (TPSA) is 102 Å². The van der Waals surface area contributed by atoms with Gasteiger partial charge in [-0.1, -0.05) is 0 Å². The first-order chi connectivity index (χ1) is 7.53. The van der Waals surface area contributed by atoms with Crippen molar-refractivity contribution in [2.45, 2.75) is 13.8 Å². The summed E-state index contributed by atoms with van der Waals surface area (Å²) in [5.74, 6) is -1.53. The van der Waals surface area contributed by atoms with Crippen LogP contribution in [0.15, 0.2) is 6.20 Å². The van der Waals surface area contributed by atoms with Gasteiger partial charge in [-0.25, -0.2) is 9.78 Å². The van der Waals surface area contributed by atoms with Gasteiger partial charge in [-0.2, -0.15) is 0 Å². The Balaban J connectivity index is 3.01. The third kappa shape index (κ3) is 2.69. The number of hydrogen-bond donors (Lipinski definition) is 2. The molecule has 90 valence electrons. The average molecular weight is 248 g/mol. The van der Waals surface area contributed by atoms with E-state index < -0.39 is 13.6 Å². The Labute approximate surface area is 92.3 Å². The van der Waals surface area contributed by atoms with Gasteiger partial charge in [0.25, 0.3) is 0 Å². The summed E-state index contributed by atoms with van der Waals surface area (Å²) in [5.41, 5.74) is 0.0496. The lowest BCUT2D eigenvalue weighted by Crippen LogP contribution is -2.12. The SMILES string of the molecule is CCOP(=O)(OCC)c1cnc(C(=O)O)[nH]1. The second-order valence-corrected chi connectivity index (χ2v) is 4.75. The number of hydrogen-bond acceptors (Lipinski definition) is 5. The molecule has 0 aromatic carbocycles. The predicted octanol–water partition coefficient (Wildman–Crippen LogP) is 0.999. The van der Waals surface area contributed by atoms with Gasteiger partial charge in [-0.3, -0.25) is 4.57 Å². The molecule has 0 atom stereocenters. The first-order valence-corrected chi connectivity index (χ1v) is 6.25. The van der Waals surface area contributed by atoms with Gasteiger partial charge >= 0.3 is 13.6 Å². The van der Waals surface area contributed by atoms with Crippen LogP contribution in [0.3, 0.4) is 0 Å². The Morgan fingerprint density at radius 3 is 2.44 bits per heavy atom. The highest BCUT2D eigenvalue weighted by atomic mass is 31.2. The third-order valence-corrected chi connectivity index (χ3v) is 3.67. The number of H-pyrrole nitrogens is 1. The second-order valence-electron chi connectivity index (χ2n) is 2.76. The van der Waals surface area contributed by atoms with Gasteiger partial charge in [0.05, 0.1) is 19.4 Å². The largest absolute Gasteiger partial charge is 0.475 e. The van der Waals surface area contributed by atoms with Crippen LogP contribution in [0.25, 0.3) is 0 Å². The van der Waals surface area contributed by atoms with E-state index in [1.165, 1.54) is 0 Å². The number of aromatic carboxylic acids is 1. The Hall–Kier alpha value is -1.17. The number of imidazole rings is 1. The van der Waals surface area contributed by atoms with Crippen LogP contribution in [-0.4, -0.2) is 34.3 Å². The normalized spacial score (nSPS) is 11.6. The highest BCUT2D eigenvalue weighted by Crippen LogP contribution is 2.45. The van der Waals surface area contributed by atoms with E-state index in [0.29, 0.717) is 0 Å². The minimum Gasteiger partial charge on any atom is -0.475 e. The van der Waals surface area contributed by atoms with Gasteiger partial charge in [-0.15, -0.1) is 0 Å². The lowest BCUT2D eigenvalue weighted by Gasteiger charge is -2.14. The predicted molar refractivity (Wildman–Crippen MR) is 56.0 cm³/mol. The van der Waals surface area contributed by atoms with Crippen molar-refractivity contribution < 1.29 is 23.5 Å². The molecule has 8 heteroatoms. The lowest BCUT2D eigenvalue weighted by molar-refractivity contribution is 0.0685.